The fourth-order valence-electron chi connectivity index (χ4n) is 1.35. The molecule has 0 bridgehead atoms. The second kappa shape index (κ2) is 5.79. The third-order valence-corrected chi connectivity index (χ3v) is 3.69. The molecule has 0 saturated carbocycles. The second-order valence-electron chi connectivity index (χ2n) is 3.63. The third kappa shape index (κ3) is 3.54. The van der Waals surface area contributed by atoms with Crippen LogP contribution >= 0.6 is 11.3 Å². The highest BCUT2D eigenvalue weighted by molar-refractivity contribution is 7.14. The quantitative estimate of drug-likeness (QED) is 0.728. The number of amides is 1. The molecule has 94 valence electrons. The number of aryl methyl sites for hydroxylation is 2. The molecule has 1 amide bonds. The Morgan fingerprint density at radius 1 is 1.53 bits per heavy atom. The van der Waals surface area contributed by atoms with Crippen molar-refractivity contribution in [2.24, 2.45) is 0 Å². The van der Waals surface area contributed by atoms with Gasteiger partial charge in [-0.15, -0.1) is 11.3 Å². The van der Waals surface area contributed by atoms with Crippen LogP contribution in [0.25, 0.3) is 0 Å². The largest absolute Gasteiger partial charge is 0.479 e. The average Bonchev–Trinajstić information content (AvgIpc) is 2.66. The van der Waals surface area contributed by atoms with E-state index in [0.29, 0.717) is 4.88 Å². The van der Waals surface area contributed by atoms with Gasteiger partial charge in [0.25, 0.3) is 5.91 Å². The third-order valence-electron chi connectivity index (χ3n) is 2.31. The van der Waals surface area contributed by atoms with Crippen molar-refractivity contribution in [1.82, 2.24) is 5.32 Å². The van der Waals surface area contributed by atoms with Crippen molar-refractivity contribution in [2.75, 3.05) is 6.54 Å². The number of carbonyl (C=O) groups excluding carboxylic acids is 1. The molecule has 0 aliphatic rings. The lowest BCUT2D eigenvalue weighted by molar-refractivity contribution is -0.146. The molecule has 1 atom stereocenters. The van der Waals surface area contributed by atoms with Gasteiger partial charge in [0.2, 0.25) is 0 Å². The van der Waals surface area contributed by atoms with E-state index >= 15 is 0 Å². The van der Waals surface area contributed by atoms with Gasteiger partial charge in [-0.25, -0.2) is 4.79 Å². The normalized spacial score (nSPS) is 12.2. The van der Waals surface area contributed by atoms with Gasteiger partial charge in [0.15, 0.2) is 6.10 Å². The Morgan fingerprint density at radius 2 is 2.18 bits per heavy atom. The molecular weight excluding hydrogens is 242 g/mol. The summed E-state index contributed by atoms with van der Waals surface area (Å²) in [6, 6.07) is 1.77. The van der Waals surface area contributed by atoms with Gasteiger partial charge < -0.3 is 15.5 Å². The Morgan fingerprint density at radius 3 is 2.65 bits per heavy atom. The molecule has 5 nitrogen and oxygen atoms in total. The number of carbonyl (C=O) groups is 2. The van der Waals surface area contributed by atoms with Crippen molar-refractivity contribution in [2.45, 2.75) is 26.4 Å². The molecule has 6 heteroatoms. The number of hydrogen-bond donors (Lipinski definition) is 3. The summed E-state index contributed by atoms with van der Waals surface area (Å²) in [6.45, 7) is 3.65. The summed E-state index contributed by atoms with van der Waals surface area (Å²) in [6.07, 6.45) is -0.702. The van der Waals surface area contributed by atoms with Crippen LogP contribution in [0.3, 0.4) is 0 Å². The van der Waals surface area contributed by atoms with Crippen molar-refractivity contribution in [1.29, 1.82) is 0 Å². The van der Waals surface area contributed by atoms with E-state index in [-0.39, 0.29) is 12.5 Å². The zero-order valence-corrected chi connectivity index (χ0v) is 10.5. The van der Waals surface area contributed by atoms with Crippen LogP contribution in [0.4, 0.5) is 0 Å². The van der Waals surface area contributed by atoms with E-state index in [1.165, 1.54) is 11.3 Å². The summed E-state index contributed by atoms with van der Waals surface area (Å²) < 4.78 is 0. The van der Waals surface area contributed by atoms with Crippen LogP contribution in [0.15, 0.2) is 6.07 Å². The molecule has 0 saturated heterocycles. The number of thiophene rings is 1. The van der Waals surface area contributed by atoms with Gasteiger partial charge in [-0.05, 0) is 25.0 Å². The SMILES string of the molecule is CCc1sc(C(=O)NC[C@H](O)C(=O)O)cc1C. The summed E-state index contributed by atoms with van der Waals surface area (Å²) in [7, 11) is 0. The standard InChI is InChI=1S/C11H15NO4S/c1-3-8-6(2)4-9(17-8)10(14)12-5-7(13)11(15)16/h4,7,13H,3,5H2,1-2H3,(H,12,14)(H,15,16)/t7-/m0/s1. The van der Waals surface area contributed by atoms with Crippen LogP contribution in [0.5, 0.6) is 0 Å². The molecule has 1 aromatic rings. The number of aliphatic carboxylic acids is 1. The lowest BCUT2D eigenvalue weighted by atomic mass is 10.2. The molecule has 0 fully saturated rings. The minimum atomic E-state index is -1.56. The van der Waals surface area contributed by atoms with Crippen LogP contribution in [0, 0.1) is 6.92 Å². The molecule has 0 aliphatic carbocycles. The maximum absolute atomic E-state index is 11.6. The maximum atomic E-state index is 11.6. The van der Waals surface area contributed by atoms with Crippen LogP contribution in [0.1, 0.15) is 27.0 Å². The van der Waals surface area contributed by atoms with Crippen molar-refractivity contribution in [3.8, 4) is 0 Å². The van der Waals surface area contributed by atoms with E-state index < -0.39 is 12.1 Å². The van der Waals surface area contributed by atoms with E-state index in [0.717, 1.165) is 16.9 Å². The second-order valence-corrected chi connectivity index (χ2v) is 4.77. The van der Waals surface area contributed by atoms with Crippen molar-refractivity contribution < 1.29 is 19.8 Å². The first-order chi connectivity index (χ1) is 7.95. The lowest BCUT2D eigenvalue weighted by Crippen LogP contribution is -2.36. The fourth-order valence-corrected chi connectivity index (χ4v) is 2.38. The monoisotopic (exact) mass is 257 g/mol. The summed E-state index contributed by atoms with van der Waals surface area (Å²) in [5.74, 6) is -1.69. The summed E-state index contributed by atoms with van der Waals surface area (Å²) in [5.41, 5.74) is 1.06. The van der Waals surface area contributed by atoms with E-state index in [1.54, 1.807) is 6.07 Å². The zero-order chi connectivity index (χ0) is 13.0. The van der Waals surface area contributed by atoms with Gasteiger partial charge in [-0.2, -0.15) is 0 Å². The molecule has 0 aliphatic heterocycles. The van der Waals surface area contributed by atoms with E-state index in [4.69, 9.17) is 10.2 Å². The van der Waals surface area contributed by atoms with Crippen LogP contribution in [-0.2, 0) is 11.2 Å². The number of carboxylic acids is 1. The lowest BCUT2D eigenvalue weighted by Gasteiger charge is -2.06. The van der Waals surface area contributed by atoms with Crippen molar-refractivity contribution >= 4 is 23.2 Å². The van der Waals surface area contributed by atoms with E-state index in [1.807, 2.05) is 13.8 Å². The van der Waals surface area contributed by atoms with Gasteiger partial charge in [-0.3, -0.25) is 4.79 Å². The zero-order valence-electron chi connectivity index (χ0n) is 9.69. The average molecular weight is 257 g/mol. The number of carboxylic acid groups (broad SMARTS) is 1. The molecule has 0 spiro atoms. The van der Waals surface area contributed by atoms with Gasteiger partial charge in [0.1, 0.15) is 0 Å². The number of aliphatic hydroxyl groups is 1. The van der Waals surface area contributed by atoms with Crippen molar-refractivity contribution in [3.05, 3.63) is 21.4 Å². The first kappa shape index (κ1) is 13.7. The van der Waals surface area contributed by atoms with Crippen LogP contribution < -0.4 is 5.32 Å². The predicted octanol–water partition coefficient (Wildman–Crippen LogP) is 0.794. The topological polar surface area (TPSA) is 86.6 Å². The van der Waals surface area contributed by atoms with Gasteiger partial charge in [0, 0.05) is 4.88 Å². The Labute approximate surface area is 103 Å². The summed E-state index contributed by atoms with van der Waals surface area (Å²) >= 11 is 1.39. The predicted molar refractivity (Wildman–Crippen MR) is 64.4 cm³/mol. The van der Waals surface area contributed by atoms with Crippen LogP contribution in [0.2, 0.25) is 0 Å². The highest BCUT2D eigenvalue weighted by atomic mass is 32.1. The van der Waals surface area contributed by atoms with Gasteiger partial charge in [0.05, 0.1) is 11.4 Å². The molecule has 0 aromatic carbocycles. The molecule has 1 rings (SSSR count). The Balaban J connectivity index is 2.61. The number of nitrogens with one attached hydrogen (secondary N) is 1. The number of aliphatic hydroxyl groups excluding tert-OH is 1. The fraction of sp³-hybridized carbons (Fsp3) is 0.455. The summed E-state index contributed by atoms with van der Waals surface area (Å²) in [5, 5.41) is 19.9. The minimum Gasteiger partial charge on any atom is -0.479 e. The Kier molecular flexibility index (Phi) is 4.65. The highest BCUT2D eigenvalue weighted by Crippen LogP contribution is 2.22. The molecule has 3 N–H and O–H groups in total. The van der Waals surface area contributed by atoms with Crippen LogP contribution in [-0.4, -0.2) is 34.7 Å². The molecule has 1 heterocycles. The molecule has 1 aromatic heterocycles. The smallest absolute Gasteiger partial charge is 0.334 e. The number of hydrogen-bond acceptors (Lipinski definition) is 4. The van der Waals surface area contributed by atoms with E-state index in [9.17, 15) is 9.59 Å². The Bertz CT molecular complexity index is 427. The van der Waals surface area contributed by atoms with Crippen molar-refractivity contribution in [3.63, 3.8) is 0 Å². The highest BCUT2D eigenvalue weighted by Gasteiger charge is 2.16. The summed E-state index contributed by atoms with van der Waals surface area (Å²) in [4.78, 5) is 23.7. The molecule has 0 unspecified atom stereocenters. The molecule has 17 heavy (non-hydrogen) atoms. The molecule has 0 radical (unpaired) electrons. The molecular formula is C11H15NO4S. The Hall–Kier alpha value is -1.40. The maximum Gasteiger partial charge on any atom is 0.334 e. The number of rotatable bonds is 5. The van der Waals surface area contributed by atoms with E-state index in [2.05, 4.69) is 5.32 Å². The first-order valence-electron chi connectivity index (χ1n) is 5.24. The van der Waals surface area contributed by atoms with Gasteiger partial charge >= 0.3 is 5.97 Å². The van der Waals surface area contributed by atoms with Gasteiger partial charge in [-0.1, -0.05) is 6.92 Å². The first-order valence-corrected chi connectivity index (χ1v) is 6.05. The minimum absolute atomic E-state index is 0.285.